The van der Waals surface area contributed by atoms with E-state index >= 15 is 0 Å². The van der Waals surface area contributed by atoms with E-state index in [1.165, 1.54) is 16.7 Å². The molecule has 0 saturated heterocycles. The Hall–Kier alpha value is -1.52. The smallest absolute Gasteiger partial charge is 0.123 e. The molecule has 2 N–H and O–H groups in total. The first-order chi connectivity index (χ1) is 10.2. The molecule has 2 aromatic carbocycles. The van der Waals surface area contributed by atoms with Crippen LogP contribution in [-0.2, 0) is 19.5 Å². The molecule has 1 aliphatic heterocycles. The number of fused-ring (bicyclic) bond motifs is 1. The minimum atomic E-state index is 0.871. The van der Waals surface area contributed by atoms with Gasteiger partial charge in [0.05, 0.1) is 7.11 Å². The molecule has 0 aliphatic carbocycles. The van der Waals surface area contributed by atoms with Gasteiger partial charge in [0.25, 0.3) is 0 Å². The molecule has 4 heteroatoms. The van der Waals surface area contributed by atoms with Crippen LogP contribution in [0.15, 0.2) is 40.9 Å². The van der Waals surface area contributed by atoms with E-state index in [4.69, 9.17) is 10.5 Å². The number of anilines is 1. The van der Waals surface area contributed by atoms with Crippen LogP contribution in [0.25, 0.3) is 0 Å². The van der Waals surface area contributed by atoms with Crippen LogP contribution in [0.3, 0.4) is 0 Å². The summed E-state index contributed by atoms with van der Waals surface area (Å²) >= 11 is 3.53. The van der Waals surface area contributed by atoms with Crippen LogP contribution in [-0.4, -0.2) is 18.6 Å². The monoisotopic (exact) mass is 346 g/mol. The summed E-state index contributed by atoms with van der Waals surface area (Å²) in [5, 5.41) is 0. The molecule has 110 valence electrons. The lowest BCUT2D eigenvalue weighted by atomic mass is 9.97. The number of hydrogen-bond donors (Lipinski definition) is 1. The summed E-state index contributed by atoms with van der Waals surface area (Å²) in [6.45, 7) is 2.82. The van der Waals surface area contributed by atoms with Crippen molar-refractivity contribution >= 4 is 21.6 Å². The van der Waals surface area contributed by atoms with Crippen LogP contribution < -0.4 is 10.5 Å². The molecule has 1 heterocycles. The van der Waals surface area contributed by atoms with Crippen molar-refractivity contribution in [2.24, 2.45) is 0 Å². The third kappa shape index (κ3) is 3.06. The Morgan fingerprint density at radius 3 is 2.95 bits per heavy atom. The van der Waals surface area contributed by atoms with Crippen LogP contribution in [0.5, 0.6) is 5.75 Å². The zero-order valence-electron chi connectivity index (χ0n) is 12.1. The maximum absolute atomic E-state index is 6.12. The number of rotatable bonds is 3. The highest BCUT2D eigenvalue weighted by molar-refractivity contribution is 9.10. The summed E-state index contributed by atoms with van der Waals surface area (Å²) in [6.07, 6.45) is 1.05. The molecule has 0 fully saturated rings. The molecule has 2 aromatic rings. The van der Waals surface area contributed by atoms with E-state index in [2.05, 4.69) is 33.0 Å². The summed E-state index contributed by atoms with van der Waals surface area (Å²) in [5.41, 5.74) is 10.9. The number of halogens is 1. The lowest BCUT2D eigenvalue weighted by molar-refractivity contribution is 0.242. The largest absolute Gasteiger partial charge is 0.496 e. The molecular formula is C17H19BrN2O. The highest BCUT2D eigenvalue weighted by atomic mass is 79.9. The van der Waals surface area contributed by atoms with Crippen molar-refractivity contribution in [2.45, 2.75) is 19.5 Å². The SMILES string of the molecule is COc1ccc(Br)cc1CN1CCc2cccc(N)c2C1. The van der Waals surface area contributed by atoms with Gasteiger partial charge in [-0.2, -0.15) is 0 Å². The van der Waals surface area contributed by atoms with E-state index in [9.17, 15) is 0 Å². The van der Waals surface area contributed by atoms with Crippen molar-refractivity contribution in [1.82, 2.24) is 4.90 Å². The Bertz CT molecular complexity index is 657. The second-order valence-corrected chi connectivity index (χ2v) is 6.32. The summed E-state index contributed by atoms with van der Waals surface area (Å²) in [5.74, 6) is 0.935. The van der Waals surface area contributed by atoms with E-state index in [0.29, 0.717) is 0 Å². The van der Waals surface area contributed by atoms with Crippen molar-refractivity contribution in [3.63, 3.8) is 0 Å². The summed E-state index contributed by atoms with van der Waals surface area (Å²) in [4.78, 5) is 2.42. The van der Waals surface area contributed by atoms with Gasteiger partial charge in [-0.05, 0) is 41.8 Å². The van der Waals surface area contributed by atoms with E-state index in [-0.39, 0.29) is 0 Å². The third-order valence-corrected chi connectivity index (χ3v) is 4.52. The maximum Gasteiger partial charge on any atom is 0.123 e. The molecule has 3 rings (SSSR count). The lowest BCUT2D eigenvalue weighted by Gasteiger charge is -2.30. The number of ether oxygens (including phenoxy) is 1. The fraction of sp³-hybridized carbons (Fsp3) is 0.294. The number of nitrogens with zero attached hydrogens (tertiary/aromatic N) is 1. The number of methoxy groups -OCH3 is 1. The Balaban J connectivity index is 1.81. The normalized spacial score (nSPS) is 14.8. The molecule has 0 unspecified atom stereocenters. The predicted octanol–water partition coefficient (Wildman–Crippen LogP) is 3.60. The predicted molar refractivity (Wildman–Crippen MR) is 89.4 cm³/mol. The fourth-order valence-corrected chi connectivity index (χ4v) is 3.32. The molecule has 0 aromatic heterocycles. The molecule has 0 radical (unpaired) electrons. The van der Waals surface area contributed by atoms with Crippen molar-refractivity contribution in [3.8, 4) is 5.75 Å². The number of nitrogens with two attached hydrogens (primary N) is 1. The van der Waals surface area contributed by atoms with E-state index < -0.39 is 0 Å². The van der Waals surface area contributed by atoms with E-state index in [0.717, 1.165) is 42.0 Å². The molecule has 0 bridgehead atoms. The molecule has 0 spiro atoms. The number of hydrogen-bond acceptors (Lipinski definition) is 3. The average Bonchev–Trinajstić information content (AvgIpc) is 2.48. The van der Waals surface area contributed by atoms with Crippen molar-refractivity contribution < 1.29 is 4.74 Å². The first kappa shape index (κ1) is 14.4. The van der Waals surface area contributed by atoms with Gasteiger partial charge in [-0.1, -0.05) is 28.1 Å². The van der Waals surface area contributed by atoms with E-state index in [1.807, 2.05) is 24.3 Å². The second kappa shape index (κ2) is 6.08. The molecule has 21 heavy (non-hydrogen) atoms. The molecule has 0 atom stereocenters. The number of nitrogen functional groups attached to an aromatic ring is 1. The standard InChI is InChI=1S/C17H19BrN2O/c1-21-17-6-5-14(18)9-13(17)10-20-8-7-12-3-2-4-16(19)15(12)11-20/h2-6,9H,7-8,10-11,19H2,1H3. The van der Waals surface area contributed by atoms with Gasteiger partial charge in [0, 0.05) is 35.4 Å². The van der Waals surface area contributed by atoms with Crippen molar-refractivity contribution in [3.05, 3.63) is 57.6 Å². The average molecular weight is 347 g/mol. The molecule has 1 aliphatic rings. The quantitative estimate of drug-likeness (QED) is 0.863. The maximum atomic E-state index is 6.12. The minimum Gasteiger partial charge on any atom is -0.496 e. The Morgan fingerprint density at radius 1 is 1.29 bits per heavy atom. The topological polar surface area (TPSA) is 38.5 Å². The summed E-state index contributed by atoms with van der Waals surface area (Å²) < 4.78 is 6.54. The van der Waals surface area contributed by atoms with Gasteiger partial charge in [0.15, 0.2) is 0 Å². The highest BCUT2D eigenvalue weighted by Crippen LogP contribution is 2.28. The zero-order valence-corrected chi connectivity index (χ0v) is 13.7. The highest BCUT2D eigenvalue weighted by Gasteiger charge is 2.19. The van der Waals surface area contributed by atoms with Crippen molar-refractivity contribution in [2.75, 3.05) is 19.4 Å². The van der Waals surface area contributed by atoms with Crippen LogP contribution >= 0.6 is 15.9 Å². The van der Waals surface area contributed by atoms with Crippen molar-refractivity contribution in [1.29, 1.82) is 0 Å². The fourth-order valence-electron chi connectivity index (χ4n) is 2.91. The Labute approximate surface area is 133 Å². The summed E-state index contributed by atoms with van der Waals surface area (Å²) in [6, 6.07) is 12.4. The van der Waals surface area contributed by atoms with Gasteiger partial charge >= 0.3 is 0 Å². The molecule has 0 amide bonds. The summed E-state index contributed by atoms with van der Waals surface area (Å²) in [7, 11) is 1.72. The first-order valence-corrected chi connectivity index (χ1v) is 7.87. The van der Waals surface area contributed by atoms with E-state index in [1.54, 1.807) is 7.11 Å². The van der Waals surface area contributed by atoms with Gasteiger partial charge < -0.3 is 10.5 Å². The van der Waals surface area contributed by atoms with Gasteiger partial charge in [-0.3, -0.25) is 4.90 Å². The Morgan fingerprint density at radius 2 is 2.14 bits per heavy atom. The van der Waals surface area contributed by atoms with Crippen LogP contribution in [0.2, 0.25) is 0 Å². The molecule has 0 saturated carbocycles. The van der Waals surface area contributed by atoms with Gasteiger partial charge in [-0.15, -0.1) is 0 Å². The van der Waals surface area contributed by atoms with Gasteiger partial charge in [0.2, 0.25) is 0 Å². The van der Waals surface area contributed by atoms with Gasteiger partial charge in [-0.25, -0.2) is 0 Å². The molecular weight excluding hydrogens is 328 g/mol. The second-order valence-electron chi connectivity index (χ2n) is 5.40. The van der Waals surface area contributed by atoms with Crippen LogP contribution in [0.4, 0.5) is 5.69 Å². The minimum absolute atomic E-state index is 0.871. The third-order valence-electron chi connectivity index (χ3n) is 4.02. The van der Waals surface area contributed by atoms with Crippen LogP contribution in [0.1, 0.15) is 16.7 Å². The molecule has 3 nitrogen and oxygen atoms in total. The van der Waals surface area contributed by atoms with Crippen LogP contribution in [0, 0.1) is 0 Å². The number of benzene rings is 2. The lowest BCUT2D eigenvalue weighted by Crippen LogP contribution is -2.30. The zero-order chi connectivity index (χ0) is 14.8. The first-order valence-electron chi connectivity index (χ1n) is 7.08. The Kier molecular flexibility index (Phi) is 4.17. The van der Waals surface area contributed by atoms with Gasteiger partial charge in [0.1, 0.15) is 5.75 Å².